The molecule has 1 fully saturated rings. The summed E-state index contributed by atoms with van der Waals surface area (Å²) in [5.74, 6) is 0.0783. The molecule has 0 amide bonds. The van der Waals surface area contributed by atoms with E-state index in [2.05, 4.69) is 51.3 Å². The summed E-state index contributed by atoms with van der Waals surface area (Å²) in [6.45, 7) is 18.4. The van der Waals surface area contributed by atoms with Crippen molar-refractivity contribution in [1.82, 2.24) is 9.80 Å². The highest BCUT2D eigenvalue weighted by Crippen LogP contribution is 2.30. The van der Waals surface area contributed by atoms with Gasteiger partial charge in [0, 0.05) is 62.7 Å². The molecule has 0 unspecified atom stereocenters. The van der Waals surface area contributed by atoms with Crippen molar-refractivity contribution >= 4 is 23.9 Å². The smallest absolute Gasteiger partial charge is 0.305 e. The van der Waals surface area contributed by atoms with Gasteiger partial charge in [0.05, 0.1) is 33.0 Å². The highest BCUT2D eigenvalue weighted by atomic mass is 16.6. The second-order valence-electron chi connectivity index (χ2n) is 21.1. The van der Waals surface area contributed by atoms with E-state index in [1.54, 1.807) is 0 Å². The van der Waals surface area contributed by atoms with E-state index < -0.39 is 0 Å². The maximum Gasteiger partial charge on any atom is 0.305 e. The minimum atomic E-state index is -0.150. The lowest BCUT2D eigenvalue weighted by atomic mass is 9.84. The zero-order valence-electron chi connectivity index (χ0n) is 45.9. The van der Waals surface area contributed by atoms with Gasteiger partial charge in [-0.1, -0.05) is 143 Å². The van der Waals surface area contributed by atoms with Gasteiger partial charge in [0.25, 0.3) is 0 Å². The molecule has 69 heavy (non-hydrogen) atoms. The van der Waals surface area contributed by atoms with Gasteiger partial charge >= 0.3 is 23.9 Å². The molecule has 0 aromatic rings. The van der Waals surface area contributed by atoms with E-state index in [9.17, 15) is 24.3 Å². The first kappa shape index (κ1) is 64.8. The lowest BCUT2D eigenvalue weighted by molar-refractivity contribution is -0.151. The normalized spacial score (nSPS) is 15.2. The Bertz CT molecular complexity index is 1170. The molecule has 0 radical (unpaired) electrons. The standard InChI is InChI=1S/C58H110N2O9/c1-7-11-15-19-23-33-55(62)66-46-52(47-67-56(63)34-24-20-16-12-8-2)31-27-29-41-59(43-44-61)54-39-37-51(38-40-54)45-60(50(5)6)42-30-28-32-53(48-68-57(64)35-25-21-17-13-9-3)49-69-58(65)36-26-22-18-14-10-4/h50-54,61H,7-49H2,1-6H3. The van der Waals surface area contributed by atoms with E-state index in [-0.39, 0.29) is 42.3 Å². The Hall–Kier alpha value is -2.24. The van der Waals surface area contributed by atoms with Crippen LogP contribution in [0.2, 0.25) is 0 Å². The van der Waals surface area contributed by atoms with Gasteiger partial charge in [-0.3, -0.25) is 24.1 Å². The number of carbonyl (C=O) groups excluding carboxylic acids is 4. The van der Waals surface area contributed by atoms with Crippen molar-refractivity contribution < 1.29 is 43.2 Å². The van der Waals surface area contributed by atoms with Crippen molar-refractivity contribution in [2.24, 2.45) is 17.8 Å². The Morgan fingerprint density at radius 3 is 1.13 bits per heavy atom. The molecule has 0 aromatic heterocycles. The molecule has 0 bridgehead atoms. The number of carbonyl (C=O) groups is 4. The number of esters is 4. The first-order valence-electron chi connectivity index (χ1n) is 29.3. The zero-order chi connectivity index (χ0) is 50.6. The third-order valence-electron chi connectivity index (χ3n) is 14.4. The number of aliphatic hydroxyl groups excluding tert-OH is 1. The van der Waals surface area contributed by atoms with Gasteiger partial charge in [-0.15, -0.1) is 0 Å². The van der Waals surface area contributed by atoms with E-state index in [0.717, 1.165) is 148 Å². The Morgan fingerprint density at radius 2 is 0.797 bits per heavy atom. The van der Waals surface area contributed by atoms with Crippen molar-refractivity contribution in [2.45, 2.75) is 272 Å². The minimum absolute atomic E-state index is 0.0102. The molecule has 0 saturated heterocycles. The molecule has 0 atom stereocenters. The number of unbranched alkanes of at least 4 members (excludes halogenated alkanes) is 18. The largest absolute Gasteiger partial charge is 0.465 e. The average molecular weight is 980 g/mol. The summed E-state index contributed by atoms with van der Waals surface area (Å²) < 4.78 is 22.9. The molecule has 0 spiro atoms. The zero-order valence-corrected chi connectivity index (χ0v) is 45.9. The summed E-state index contributed by atoms with van der Waals surface area (Å²) in [5.41, 5.74) is 0. The molecule has 1 aliphatic rings. The van der Waals surface area contributed by atoms with Crippen molar-refractivity contribution in [3.63, 3.8) is 0 Å². The van der Waals surface area contributed by atoms with Gasteiger partial charge in [-0.25, -0.2) is 0 Å². The summed E-state index contributed by atoms with van der Waals surface area (Å²) in [4.78, 5) is 55.5. The van der Waals surface area contributed by atoms with E-state index >= 15 is 0 Å². The first-order chi connectivity index (χ1) is 33.6. The van der Waals surface area contributed by atoms with Crippen LogP contribution in [0.15, 0.2) is 0 Å². The van der Waals surface area contributed by atoms with Crippen LogP contribution in [-0.2, 0) is 38.1 Å². The summed E-state index contributed by atoms with van der Waals surface area (Å²) >= 11 is 0. The van der Waals surface area contributed by atoms with Crippen molar-refractivity contribution in [3.05, 3.63) is 0 Å². The van der Waals surface area contributed by atoms with Crippen LogP contribution >= 0.6 is 0 Å². The van der Waals surface area contributed by atoms with Gasteiger partial charge in [0.2, 0.25) is 0 Å². The van der Waals surface area contributed by atoms with Gasteiger partial charge in [-0.05, 0) is 110 Å². The van der Waals surface area contributed by atoms with Crippen LogP contribution < -0.4 is 0 Å². The van der Waals surface area contributed by atoms with E-state index in [0.29, 0.717) is 76.7 Å². The van der Waals surface area contributed by atoms with Gasteiger partial charge < -0.3 is 29.0 Å². The lowest BCUT2D eigenvalue weighted by Crippen LogP contribution is -2.43. The Morgan fingerprint density at radius 1 is 0.449 bits per heavy atom. The molecule has 0 aliphatic heterocycles. The van der Waals surface area contributed by atoms with E-state index in [1.807, 2.05) is 0 Å². The number of aliphatic hydroxyl groups is 1. The maximum atomic E-state index is 12.6. The number of ether oxygens (including phenoxy) is 4. The molecule has 1 rings (SSSR count). The third-order valence-corrected chi connectivity index (χ3v) is 14.4. The monoisotopic (exact) mass is 979 g/mol. The molecule has 0 aromatic carbocycles. The van der Waals surface area contributed by atoms with Crippen LogP contribution in [0.3, 0.4) is 0 Å². The fourth-order valence-electron chi connectivity index (χ4n) is 9.74. The molecule has 406 valence electrons. The molecule has 1 saturated carbocycles. The van der Waals surface area contributed by atoms with Crippen LogP contribution in [0.4, 0.5) is 0 Å². The minimum Gasteiger partial charge on any atom is -0.465 e. The Labute approximate surface area is 424 Å². The van der Waals surface area contributed by atoms with Crippen molar-refractivity contribution in [3.8, 4) is 0 Å². The summed E-state index contributed by atoms with van der Waals surface area (Å²) in [6, 6.07) is 0.915. The quantitative estimate of drug-likeness (QED) is 0.0355. The predicted molar refractivity (Wildman–Crippen MR) is 283 cm³/mol. The Kier molecular flexibility index (Phi) is 42.8. The molecule has 1 aliphatic carbocycles. The van der Waals surface area contributed by atoms with Gasteiger partial charge in [0.1, 0.15) is 0 Å². The summed E-state index contributed by atoms with van der Waals surface area (Å²) in [5, 5.41) is 10.1. The molecular formula is C58H110N2O9. The summed E-state index contributed by atoms with van der Waals surface area (Å²) in [7, 11) is 0. The number of hydrogen-bond acceptors (Lipinski definition) is 11. The molecule has 1 N–H and O–H groups in total. The van der Waals surface area contributed by atoms with E-state index in [1.165, 1.54) is 64.2 Å². The van der Waals surface area contributed by atoms with Crippen molar-refractivity contribution in [1.29, 1.82) is 0 Å². The van der Waals surface area contributed by atoms with Crippen LogP contribution in [0.5, 0.6) is 0 Å². The summed E-state index contributed by atoms with van der Waals surface area (Å²) in [6.07, 6.45) is 33.9. The highest BCUT2D eigenvalue weighted by molar-refractivity contribution is 5.70. The lowest BCUT2D eigenvalue weighted by Gasteiger charge is -2.39. The topological polar surface area (TPSA) is 132 Å². The fourth-order valence-corrected chi connectivity index (χ4v) is 9.74. The second kappa shape index (κ2) is 45.6. The SMILES string of the molecule is CCCCCCCC(=O)OCC(CCCCN(CC1CCC(N(CCO)CCCCC(COC(=O)CCCCCCC)COC(=O)CCCCCCC)CC1)C(C)C)COC(=O)CCCCCCC. The molecular weight excluding hydrogens is 869 g/mol. The third kappa shape index (κ3) is 37.2. The van der Waals surface area contributed by atoms with E-state index in [4.69, 9.17) is 18.9 Å². The number of rotatable bonds is 48. The average Bonchev–Trinajstić information content (AvgIpc) is 3.34. The maximum absolute atomic E-state index is 12.6. The van der Waals surface area contributed by atoms with Crippen LogP contribution in [0.1, 0.15) is 260 Å². The van der Waals surface area contributed by atoms with Crippen LogP contribution in [0, 0.1) is 17.8 Å². The first-order valence-corrected chi connectivity index (χ1v) is 29.3. The second-order valence-corrected chi connectivity index (χ2v) is 21.1. The fraction of sp³-hybridized carbons (Fsp3) is 0.931. The van der Waals surface area contributed by atoms with Gasteiger partial charge in [-0.2, -0.15) is 0 Å². The van der Waals surface area contributed by atoms with Crippen LogP contribution in [-0.4, -0.2) is 110 Å². The highest BCUT2D eigenvalue weighted by Gasteiger charge is 2.28. The molecule has 11 nitrogen and oxygen atoms in total. The number of hydrogen-bond donors (Lipinski definition) is 1. The van der Waals surface area contributed by atoms with Crippen molar-refractivity contribution in [2.75, 3.05) is 59.2 Å². The predicted octanol–water partition coefficient (Wildman–Crippen LogP) is 13.7. The number of nitrogens with zero attached hydrogens (tertiary/aromatic N) is 2. The van der Waals surface area contributed by atoms with Crippen LogP contribution in [0.25, 0.3) is 0 Å². The Balaban J connectivity index is 2.65. The molecule has 11 heteroatoms. The van der Waals surface area contributed by atoms with Gasteiger partial charge in [0.15, 0.2) is 0 Å². The molecule has 0 heterocycles.